The smallest absolute Gasteiger partial charge is 0.273 e. The highest BCUT2D eigenvalue weighted by Crippen LogP contribution is 2.19. The van der Waals surface area contributed by atoms with Gasteiger partial charge in [-0.25, -0.2) is 0 Å². The van der Waals surface area contributed by atoms with Gasteiger partial charge in [-0.3, -0.25) is 4.79 Å². The third-order valence-electron chi connectivity index (χ3n) is 4.36. The normalized spacial score (nSPS) is 11.8. The predicted molar refractivity (Wildman–Crippen MR) is 117 cm³/mol. The van der Waals surface area contributed by atoms with Gasteiger partial charge in [-0.1, -0.05) is 78.1 Å². The van der Waals surface area contributed by atoms with Gasteiger partial charge in [0.05, 0.1) is 4.90 Å². The van der Waals surface area contributed by atoms with E-state index in [1.165, 1.54) is 19.1 Å². The Morgan fingerprint density at radius 3 is 2.03 bits per heavy atom. The third kappa shape index (κ3) is 5.15. The van der Waals surface area contributed by atoms with Crippen molar-refractivity contribution in [1.29, 1.82) is 0 Å². The summed E-state index contributed by atoms with van der Waals surface area (Å²) in [5, 5.41) is 0. The lowest BCUT2D eigenvalue weighted by Crippen LogP contribution is -2.47. The molecule has 6 heteroatoms. The molecule has 30 heavy (non-hydrogen) atoms. The molecule has 0 fully saturated rings. The number of carbonyl (C=O) groups excluding carboxylic acids is 1. The van der Waals surface area contributed by atoms with Gasteiger partial charge in [-0.15, -0.1) is 0 Å². The maximum absolute atomic E-state index is 13.1. The summed E-state index contributed by atoms with van der Waals surface area (Å²) in [6.07, 6.45) is 0. The van der Waals surface area contributed by atoms with Crippen molar-refractivity contribution >= 4 is 15.9 Å². The van der Waals surface area contributed by atoms with Gasteiger partial charge in [0.2, 0.25) is 5.91 Å². The lowest BCUT2D eigenvalue weighted by molar-refractivity contribution is -0.126. The monoisotopic (exact) mass is 418 g/mol. The first-order chi connectivity index (χ1) is 14.4. The zero-order valence-electron chi connectivity index (χ0n) is 16.7. The molecule has 0 saturated carbocycles. The van der Waals surface area contributed by atoms with Crippen LogP contribution in [0.2, 0.25) is 0 Å². The number of carbonyl (C=O) groups is 1. The van der Waals surface area contributed by atoms with E-state index in [1.807, 2.05) is 67.6 Å². The summed E-state index contributed by atoms with van der Waals surface area (Å²) in [4.78, 5) is 12.3. The van der Waals surface area contributed by atoms with E-state index in [4.69, 9.17) is 0 Å². The molecule has 0 aliphatic heterocycles. The van der Waals surface area contributed by atoms with Crippen LogP contribution in [0.15, 0.2) is 89.8 Å². The number of nitrogens with one attached hydrogen (secondary N) is 1. The van der Waals surface area contributed by atoms with Gasteiger partial charge in [0.25, 0.3) is 10.0 Å². The average Bonchev–Trinajstić information content (AvgIpc) is 2.75. The fourth-order valence-electron chi connectivity index (χ4n) is 2.78. The number of rotatable bonds is 5. The summed E-state index contributed by atoms with van der Waals surface area (Å²) < 4.78 is 26.9. The second-order valence-electron chi connectivity index (χ2n) is 6.71. The van der Waals surface area contributed by atoms with Crippen LogP contribution in [0.3, 0.4) is 0 Å². The summed E-state index contributed by atoms with van der Waals surface area (Å²) >= 11 is 0. The lowest BCUT2D eigenvalue weighted by Gasteiger charge is -2.25. The minimum atomic E-state index is -4.10. The first-order valence-corrected chi connectivity index (χ1v) is 10.8. The van der Waals surface area contributed by atoms with Crippen molar-refractivity contribution in [1.82, 2.24) is 9.84 Å². The Kier molecular flexibility index (Phi) is 6.68. The van der Waals surface area contributed by atoms with Crippen LogP contribution in [0.5, 0.6) is 0 Å². The second kappa shape index (κ2) is 9.40. The molecule has 3 rings (SSSR count). The van der Waals surface area contributed by atoms with Crippen LogP contribution in [0.25, 0.3) is 0 Å². The Balaban J connectivity index is 1.99. The predicted octanol–water partition coefficient (Wildman–Crippen LogP) is 3.83. The van der Waals surface area contributed by atoms with Crippen molar-refractivity contribution in [3.05, 3.63) is 102 Å². The number of hydrogen-bond acceptors (Lipinski definition) is 4. The maximum atomic E-state index is 13.1. The summed E-state index contributed by atoms with van der Waals surface area (Å²) in [5.41, 5.74) is 5.27. The highest BCUT2D eigenvalue weighted by Gasteiger charge is 2.29. The Hall–Kier alpha value is -3.40. The van der Waals surface area contributed by atoms with Crippen molar-refractivity contribution in [3.8, 4) is 11.8 Å². The minimum Gasteiger partial charge on any atom is -0.273 e. The molecule has 3 aromatic carbocycles. The zero-order chi connectivity index (χ0) is 21.6. The molecule has 0 aromatic heterocycles. The van der Waals surface area contributed by atoms with Crippen LogP contribution in [0, 0.1) is 18.8 Å². The van der Waals surface area contributed by atoms with Crippen LogP contribution in [-0.2, 0) is 14.8 Å². The van der Waals surface area contributed by atoms with Crippen molar-refractivity contribution in [2.45, 2.75) is 24.8 Å². The molecule has 0 heterocycles. The summed E-state index contributed by atoms with van der Waals surface area (Å²) in [7, 11) is -4.10. The Labute approximate surface area is 177 Å². The zero-order valence-corrected chi connectivity index (χ0v) is 17.6. The van der Waals surface area contributed by atoms with Crippen LogP contribution in [0.1, 0.15) is 29.7 Å². The average molecular weight is 419 g/mol. The number of hydrogen-bond donors (Lipinski definition) is 1. The van der Waals surface area contributed by atoms with E-state index in [9.17, 15) is 13.2 Å². The fraction of sp³-hybridized carbons (Fsp3) is 0.125. The number of benzene rings is 3. The fourth-order valence-corrected chi connectivity index (χ4v) is 4.05. The van der Waals surface area contributed by atoms with E-state index in [2.05, 4.69) is 17.3 Å². The summed E-state index contributed by atoms with van der Waals surface area (Å²) in [6, 6.07) is 24.2. The van der Waals surface area contributed by atoms with Gasteiger partial charge in [0, 0.05) is 12.5 Å². The molecule has 0 bridgehead atoms. The molecular weight excluding hydrogens is 396 g/mol. The molecule has 0 spiro atoms. The molecule has 0 radical (unpaired) electrons. The lowest BCUT2D eigenvalue weighted by atomic mass is 10.1. The first kappa shape index (κ1) is 21.3. The highest BCUT2D eigenvalue weighted by atomic mass is 32.2. The molecule has 1 amide bonds. The third-order valence-corrected chi connectivity index (χ3v) is 6.07. The molecule has 152 valence electrons. The topological polar surface area (TPSA) is 66.5 Å². The van der Waals surface area contributed by atoms with Gasteiger partial charge in [0.15, 0.2) is 0 Å². The van der Waals surface area contributed by atoms with Crippen molar-refractivity contribution in [3.63, 3.8) is 0 Å². The van der Waals surface area contributed by atoms with E-state index in [-0.39, 0.29) is 4.90 Å². The van der Waals surface area contributed by atoms with Gasteiger partial charge in [-0.2, -0.15) is 18.3 Å². The quantitative estimate of drug-likeness (QED) is 0.505. The van der Waals surface area contributed by atoms with E-state index in [0.29, 0.717) is 4.41 Å². The van der Waals surface area contributed by atoms with Gasteiger partial charge in [0.1, 0.15) is 6.04 Å². The van der Waals surface area contributed by atoms with Gasteiger partial charge in [-0.05, 0) is 36.8 Å². The Morgan fingerprint density at radius 1 is 0.900 bits per heavy atom. The molecule has 1 N–H and O–H groups in total. The van der Waals surface area contributed by atoms with E-state index in [0.717, 1.165) is 16.7 Å². The minimum absolute atomic E-state index is 0.0265. The molecule has 5 nitrogen and oxygen atoms in total. The highest BCUT2D eigenvalue weighted by molar-refractivity contribution is 7.89. The molecule has 1 unspecified atom stereocenters. The van der Waals surface area contributed by atoms with Gasteiger partial charge < -0.3 is 0 Å². The van der Waals surface area contributed by atoms with E-state index >= 15 is 0 Å². The molecule has 0 saturated heterocycles. The summed E-state index contributed by atoms with van der Waals surface area (Å²) in [5.74, 6) is 5.44. The largest absolute Gasteiger partial charge is 0.280 e. The van der Waals surface area contributed by atoms with Crippen LogP contribution < -0.4 is 5.43 Å². The number of nitrogens with zero attached hydrogens (tertiary/aromatic N) is 1. The molecule has 0 aliphatic carbocycles. The van der Waals surface area contributed by atoms with Crippen LogP contribution in [-0.4, -0.2) is 18.7 Å². The van der Waals surface area contributed by atoms with Crippen LogP contribution >= 0.6 is 0 Å². The number of hydrazine groups is 1. The second-order valence-corrected chi connectivity index (χ2v) is 8.50. The molecule has 0 aliphatic rings. The molecule has 3 aromatic rings. The van der Waals surface area contributed by atoms with Gasteiger partial charge >= 0.3 is 0 Å². The first-order valence-electron chi connectivity index (χ1n) is 9.38. The van der Waals surface area contributed by atoms with E-state index < -0.39 is 22.0 Å². The number of amides is 1. The Morgan fingerprint density at radius 2 is 1.47 bits per heavy atom. The maximum Gasteiger partial charge on any atom is 0.280 e. The van der Waals surface area contributed by atoms with Crippen molar-refractivity contribution in [2.75, 3.05) is 0 Å². The van der Waals surface area contributed by atoms with Crippen molar-refractivity contribution < 1.29 is 13.2 Å². The SMILES string of the molecule is CC(=O)N(NC(C#Cc1ccccc1)c1ccccc1)S(=O)(=O)c1ccc(C)cc1. The molecule has 1 atom stereocenters. The summed E-state index contributed by atoms with van der Waals surface area (Å²) in [6.45, 7) is 3.06. The van der Waals surface area contributed by atoms with Crippen molar-refractivity contribution in [2.24, 2.45) is 0 Å². The Bertz CT molecular complexity index is 1160. The standard InChI is InChI=1S/C24H22N2O3S/c1-19-13-16-23(17-14-19)30(28,29)26(20(2)27)25-24(22-11-7-4-8-12-22)18-15-21-9-5-3-6-10-21/h3-14,16-17,24-25H,1-2H3. The number of sulfonamides is 1. The molecular formula is C24H22N2O3S. The van der Waals surface area contributed by atoms with Crippen LogP contribution in [0.4, 0.5) is 0 Å². The number of aryl methyl sites for hydroxylation is 1. The van der Waals surface area contributed by atoms with E-state index in [1.54, 1.807) is 12.1 Å².